The monoisotopic (exact) mass is 589 g/mol. The van der Waals surface area contributed by atoms with Gasteiger partial charge >= 0.3 is 0 Å². The van der Waals surface area contributed by atoms with E-state index >= 15 is 0 Å². The first-order valence-corrected chi connectivity index (χ1v) is 15.2. The molecular weight excluding hydrogens is 569 g/mol. The molecule has 0 radical (unpaired) electrons. The lowest BCUT2D eigenvalue weighted by Crippen LogP contribution is -2.28. The second kappa shape index (κ2) is 10.1. The average Bonchev–Trinajstić information content (AvgIpc) is 3.10. The molecule has 38 heavy (non-hydrogen) atoms. The predicted octanol–water partition coefficient (Wildman–Crippen LogP) is 5.88. The van der Waals surface area contributed by atoms with E-state index in [1.54, 1.807) is 30.3 Å². The summed E-state index contributed by atoms with van der Waals surface area (Å²) in [5.41, 5.74) is 1.17. The van der Waals surface area contributed by atoms with Gasteiger partial charge in [0.25, 0.3) is 20.0 Å². The Morgan fingerprint density at radius 2 is 1.58 bits per heavy atom. The van der Waals surface area contributed by atoms with E-state index in [2.05, 4.69) is 10.0 Å². The second-order valence-corrected chi connectivity index (χ2v) is 12.9. The normalized spacial score (nSPS) is 14.0. The van der Waals surface area contributed by atoms with Crippen LogP contribution in [0, 0.1) is 0 Å². The van der Waals surface area contributed by atoms with Gasteiger partial charge in [0, 0.05) is 24.0 Å². The lowest BCUT2D eigenvalue weighted by Gasteiger charge is -2.18. The molecule has 5 rings (SSSR count). The van der Waals surface area contributed by atoms with Crippen LogP contribution in [0.25, 0.3) is 10.8 Å². The molecule has 0 atom stereocenters. The Morgan fingerprint density at radius 1 is 0.895 bits per heavy atom. The van der Waals surface area contributed by atoms with Crippen molar-refractivity contribution in [1.29, 1.82) is 0 Å². The summed E-state index contributed by atoms with van der Waals surface area (Å²) >= 11 is 12.0. The lowest BCUT2D eigenvalue weighted by molar-refractivity contribution is -0.116. The zero-order valence-electron chi connectivity index (χ0n) is 19.7. The molecule has 1 amide bonds. The fourth-order valence-corrected chi connectivity index (χ4v) is 7.53. The highest BCUT2D eigenvalue weighted by atomic mass is 35.5. The zero-order chi connectivity index (χ0) is 27.1. The largest absolute Gasteiger partial charge is 0.326 e. The summed E-state index contributed by atoms with van der Waals surface area (Å²) < 4.78 is 55.3. The highest BCUT2D eigenvalue weighted by Crippen LogP contribution is 2.42. The number of sulfonamides is 2. The van der Waals surface area contributed by atoms with Gasteiger partial charge in [0.15, 0.2) is 0 Å². The van der Waals surface area contributed by atoms with Crippen molar-refractivity contribution in [3.63, 3.8) is 0 Å². The number of benzene rings is 4. The molecule has 4 aromatic carbocycles. The second-order valence-electron chi connectivity index (χ2n) is 8.59. The minimum Gasteiger partial charge on any atom is -0.326 e. The summed E-state index contributed by atoms with van der Waals surface area (Å²) in [5, 5.41) is 4.56. The van der Waals surface area contributed by atoms with Crippen molar-refractivity contribution in [2.45, 2.75) is 22.6 Å². The average molecular weight is 591 g/mol. The zero-order valence-corrected chi connectivity index (χ0v) is 22.8. The Balaban J connectivity index is 1.20. The lowest BCUT2D eigenvalue weighted by atomic mass is 10.1. The Hall–Kier alpha value is -3.31. The standard InChI is InChI=1S/C26H21Cl2N3O5S2/c27-20-7-3-8-21(26(20)28)30-37(33,34)19-14-12-18(13-15-19)29-24(32)11-4-16-31-22-9-1-5-17-6-2-10-23(25(17)22)38(31,35)36/h1-3,5-10,12-15,30H,4,11,16H2,(H,29,32). The number of carbonyl (C=O) groups is 1. The quantitative estimate of drug-likeness (QED) is 0.266. The Bertz CT molecular complexity index is 1770. The number of hydrogen-bond donors (Lipinski definition) is 2. The Kier molecular flexibility index (Phi) is 6.99. The van der Waals surface area contributed by atoms with E-state index in [1.165, 1.54) is 34.6 Å². The summed E-state index contributed by atoms with van der Waals surface area (Å²) in [6, 6.07) is 20.9. The summed E-state index contributed by atoms with van der Waals surface area (Å²) in [6.45, 7) is 0.151. The first-order valence-electron chi connectivity index (χ1n) is 11.5. The molecule has 0 fully saturated rings. The summed E-state index contributed by atoms with van der Waals surface area (Å²) in [7, 11) is -7.62. The van der Waals surface area contributed by atoms with E-state index in [4.69, 9.17) is 23.2 Å². The molecule has 0 aliphatic carbocycles. The molecule has 0 aromatic heterocycles. The predicted molar refractivity (Wildman–Crippen MR) is 150 cm³/mol. The molecule has 0 spiro atoms. The van der Waals surface area contributed by atoms with Crippen molar-refractivity contribution in [2.24, 2.45) is 0 Å². The van der Waals surface area contributed by atoms with Crippen molar-refractivity contribution in [3.8, 4) is 0 Å². The van der Waals surface area contributed by atoms with Gasteiger partial charge in [-0.3, -0.25) is 13.8 Å². The SMILES string of the molecule is O=C(CCCN1c2cccc3cccc(c23)S1(=O)=O)Nc1ccc(S(=O)(=O)Nc2cccc(Cl)c2Cl)cc1. The van der Waals surface area contributed by atoms with E-state index in [0.717, 1.165) is 5.39 Å². The van der Waals surface area contributed by atoms with Gasteiger partial charge in [-0.1, -0.05) is 53.5 Å². The molecule has 2 N–H and O–H groups in total. The van der Waals surface area contributed by atoms with Crippen molar-refractivity contribution in [3.05, 3.63) is 88.9 Å². The molecule has 1 aliphatic heterocycles. The number of hydrogen-bond acceptors (Lipinski definition) is 5. The van der Waals surface area contributed by atoms with Crippen molar-refractivity contribution in [1.82, 2.24) is 0 Å². The Labute approximate surface area is 230 Å². The van der Waals surface area contributed by atoms with Gasteiger partial charge < -0.3 is 5.32 Å². The van der Waals surface area contributed by atoms with E-state index in [9.17, 15) is 21.6 Å². The third kappa shape index (κ3) is 4.92. The van der Waals surface area contributed by atoms with Gasteiger partial charge in [0.2, 0.25) is 5.91 Å². The maximum absolute atomic E-state index is 13.1. The Morgan fingerprint density at radius 3 is 2.32 bits per heavy atom. The van der Waals surface area contributed by atoms with Crippen LogP contribution in [0.2, 0.25) is 10.0 Å². The number of nitrogens with zero attached hydrogens (tertiary/aromatic N) is 1. The van der Waals surface area contributed by atoms with Crippen molar-refractivity contribution in [2.75, 3.05) is 20.9 Å². The van der Waals surface area contributed by atoms with Crippen LogP contribution in [0.3, 0.4) is 0 Å². The van der Waals surface area contributed by atoms with Gasteiger partial charge in [-0.05, 0) is 60.3 Å². The van der Waals surface area contributed by atoms with Crippen LogP contribution in [0.1, 0.15) is 12.8 Å². The van der Waals surface area contributed by atoms with Gasteiger partial charge in [-0.15, -0.1) is 0 Å². The minimum atomic E-state index is -3.94. The van der Waals surface area contributed by atoms with Gasteiger partial charge in [-0.25, -0.2) is 16.8 Å². The van der Waals surface area contributed by atoms with Crippen LogP contribution in [-0.2, 0) is 24.8 Å². The maximum atomic E-state index is 13.1. The van der Waals surface area contributed by atoms with Crippen molar-refractivity contribution >= 4 is 77.0 Å². The van der Waals surface area contributed by atoms with E-state index in [0.29, 0.717) is 23.2 Å². The summed E-state index contributed by atoms with van der Waals surface area (Å²) in [6.07, 6.45) is 0.374. The topological polar surface area (TPSA) is 113 Å². The molecule has 1 heterocycles. The number of nitrogens with one attached hydrogen (secondary N) is 2. The number of carbonyl (C=O) groups excluding carboxylic acids is 1. The van der Waals surface area contributed by atoms with E-state index in [-0.39, 0.29) is 44.4 Å². The number of anilines is 3. The van der Waals surface area contributed by atoms with Crippen LogP contribution in [0.5, 0.6) is 0 Å². The third-order valence-corrected chi connectivity index (χ3v) is 10.1. The highest BCUT2D eigenvalue weighted by molar-refractivity contribution is 7.93. The van der Waals surface area contributed by atoms with Crippen LogP contribution in [-0.4, -0.2) is 29.3 Å². The maximum Gasteiger partial charge on any atom is 0.265 e. The molecule has 0 unspecified atom stereocenters. The van der Waals surface area contributed by atoms with Crippen LogP contribution < -0.4 is 14.3 Å². The molecule has 8 nitrogen and oxygen atoms in total. The molecular formula is C26H21Cl2N3O5S2. The number of halogens is 2. The fraction of sp³-hybridized carbons (Fsp3) is 0.115. The molecule has 1 aliphatic rings. The van der Waals surface area contributed by atoms with Gasteiger partial charge in [0.05, 0.1) is 31.2 Å². The first-order chi connectivity index (χ1) is 18.1. The minimum absolute atomic E-state index is 0.0282. The van der Waals surface area contributed by atoms with E-state index in [1.807, 2.05) is 18.2 Å². The molecule has 0 saturated carbocycles. The third-order valence-electron chi connectivity index (χ3n) is 6.09. The highest BCUT2D eigenvalue weighted by Gasteiger charge is 2.35. The van der Waals surface area contributed by atoms with E-state index < -0.39 is 20.0 Å². The van der Waals surface area contributed by atoms with Crippen LogP contribution in [0.4, 0.5) is 17.1 Å². The van der Waals surface area contributed by atoms with Gasteiger partial charge in [0.1, 0.15) is 0 Å². The van der Waals surface area contributed by atoms with Crippen molar-refractivity contribution < 1.29 is 21.6 Å². The number of rotatable bonds is 8. The fourth-order valence-electron chi connectivity index (χ4n) is 4.31. The molecule has 0 bridgehead atoms. The van der Waals surface area contributed by atoms with Gasteiger partial charge in [-0.2, -0.15) is 0 Å². The number of amides is 1. The molecule has 4 aromatic rings. The molecule has 196 valence electrons. The molecule has 12 heteroatoms. The first kappa shape index (κ1) is 26.3. The van der Waals surface area contributed by atoms with Crippen LogP contribution >= 0.6 is 23.2 Å². The molecule has 0 saturated heterocycles. The summed E-state index contributed by atoms with van der Waals surface area (Å²) in [4.78, 5) is 12.8. The summed E-state index contributed by atoms with van der Waals surface area (Å²) in [5.74, 6) is -0.322. The van der Waals surface area contributed by atoms with Crippen LogP contribution in [0.15, 0.2) is 88.7 Å². The smallest absolute Gasteiger partial charge is 0.265 e.